The predicted molar refractivity (Wildman–Crippen MR) is 75.6 cm³/mol. The van der Waals surface area contributed by atoms with E-state index in [-0.39, 0.29) is 0 Å². The minimum absolute atomic E-state index is 0.396. The van der Waals surface area contributed by atoms with Crippen LogP contribution >= 0.6 is 27.5 Å². The van der Waals surface area contributed by atoms with Gasteiger partial charge in [0.25, 0.3) is 0 Å². The topological polar surface area (TPSA) is 17.8 Å². The molecule has 1 aliphatic carbocycles. The zero-order chi connectivity index (χ0) is 12.4. The summed E-state index contributed by atoms with van der Waals surface area (Å²) in [6.45, 7) is 5.12. The first-order chi connectivity index (χ1) is 8.13. The SMILES string of the molecule is CCn1nc(C)c(Br)c1CCCC(Cl)C1CC1. The summed E-state index contributed by atoms with van der Waals surface area (Å²) in [5.74, 6) is 0.804. The van der Waals surface area contributed by atoms with E-state index < -0.39 is 0 Å². The molecule has 1 aliphatic rings. The monoisotopic (exact) mass is 318 g/mol. The molecule has 0 spiro atoms. The van der Waals surface area contributed by atoms with Gasteiger partial charge in [0.2, 0.25) is 0 Å². The Hall–Kier alpha value is -0.0200. The van der Waals surface area contributed by atoms with Crippen LogP contribution < -0.4 is 0 Å². The molecule has 0 radical (unpaired) electrons. The molecule has 1 atom stereocenters. The van der Waals surface area contributed by atoms with Crippen molar-refractivity contribution in [2.45, 2.75) is 57.9 Å². The van der Waals surface area contributed by atoms with Crippen LogP contribution in [0.2, 0.25) is 0 Å². The highest BCUT2D eigenvalue weighted by molar-refractivity contribution is 9.10. The van der Waals surface area contributed by atoms with Gasteiger partial charge in [0.1, 0.15) is 0 Å². The van der Waals surface area contributed by atoms with E-state index in [1.165, 1.54) is 23.0 Å². The van der Waals surface area contributed by atoms with Crippen molar-refractivity contribution < 1.29 is 0 Å². The van der Waals surface area contributed by atoms with Crippen molar-refractivity contribution in [3.63, 3.8) is 0 Å². The van der Waals surface area contributed by atoms with E-state index in [0.717, 1.165) is 37.4 Å². The molecular formula is C13H20BrClN2. The van der Waals surface area contributed by atoms with Crippen molar-refractivity contribution >= 4 is 27.5 Å². The summed E-state index contributed by atoms with van der Waals surface area (Å²) in [7, 11) is 0. The number of hydrogen-bond donors (Lipinski definition) is 0. The van der Waals surface area contributed by atoms with Gasteiger partial charge in [-0.25, -0.2) is 0 Å². The fourth-order valence-corrected chi connectivity index (χ4v) is 3.15. The predicted octanol–water partition coefficient (Wildman–Crippen LogP) is 4.31. The number of nitrogens with zero attached hydrogens (tertiary/aromatic N) is 2. The summed E-state index contributed by atoms with van der Waals surface area (Å²) in [6, 6.07) is 0. The van der Waals surface area contributed by atoms with E-state index in [9.17, 15) is 0 Å². The van der Waals surface area contributed by atoms with Crippen molar-refractivity contribution in [2.75, 3.05) is 0 Å². The van der Waals surface area contributed by atoms with E-state index in [1.54, 1.807) is 0 Å². The molecule has 4 heteroatoms. The Labute approximate surface area is 117 Å². The summed E-state index contributed by atoms with van der Waals surface area (Å²) >= 11 is 9.96. The Morgan fingerprint density at radius 1 is 1.53 bits per heavy atom. The van der Waals surface area contributed by atoms with Crippen LogP contribution in [0.1, 0.15) is 44.0 Å². The molecule has 1 aromatic heterocycles. The average Bonchev–Trinajstić information content (AvgIpc) is 3.11. The zero-order valence-corrected chi connectivity index (χ0v) is 12.9. The lowest BCUT2D eigenvalue weighted by atomic mass is 10.1. The highest BCUT2D eigenvalue weighted by Crippen LogP contribution is 2.38. The van der Waals surface area contributed by atoms with Crippen LogP contribution in [-0.4, -0.2) is 15.2 Å². The smallest absolute Gasteiger partial charge is 0.0738 e. The molecule has 1 heterocycles. The van der Waals surface area contributed by atoms with Crippen LogP contribution in [-0.2, 0) is 13.0 Å². The minimum atomic E-state index is 0.396. The zero-order valence-electron chi connectivity index (χ0n) is 10.5. The summed E-state index contributed by atoms with van der Waals surface area (Å²) < 4.78 is 3.27. The molecule has 0 amide bonds. The normalized spacial score (nSPS) is 17.4. The molecule has 96 valence electrons. The summed E-state index contributed by atoms with van der Waals surface area (Å²) in [4.78, 5) is 0. The van der Waals surface area contributed by atoms with Crippen LogP contribution in [0, 0.1) is 12.8 Å². The lowest BCUT2D eigenvalue weighted by Crippen LogP contribution is -2.06. The van der Waals surface area contributed by atoms with Gasteiger partial charge in [-0.1, -0.05) is 0 Å². The van der Waals surface area contributed by atoms with Crippen molar-refractivity contribution in [1.82, 2.24) is 9.78 Å². The maximum atomic E-state index is 6.33. The van der Waals surface area contributed by atoms with E-state index in [0.29, 0.717) is 5.38 Å². The van der Waals surface area contributed by atoms with Crippen LogP contribution in [0.4, 0.5) is 0 Å². The molecular weight excluding hydrogens is 300 g/mol. The number of aromatic nitrogens is 2. The van der Waals surface area contributed by atoms with Gasteiger partial charge in [-0.3, -0.25) is 4.68 Å². The van der Waals surface area contributed by atoms with Crippen LogP contribution in [0.3, 0.4) is 0 Å². The van der Waals surface area contributed by atoms with Crippen molar-refractivity contribution in [1.29, 1.82) is 0 Å². The molecule has 1 saturated carbocycles. The quantitative estimate of drug-likeness (QED) is 0.714. The Kier molecular flexibility index (Phi) is 4.53. The third-order valence-electron chi connectivity index (χ3n) is 3.48. The van der Waals surface area contributed by atoms with Gasteiger partial charge in [0.15, 0.2) is 0 Å². The number of aryl methyl sites for hydroxylation is 2. The largest absolute Gasteiger partial charge is 0.268 e. The number of alkyl halides is 1. The number of rotatable bonds is 6. The second-order valence-corrected chi connectivity index (χ2v) is 6.26. The molecule has 0 aliphatic heterocycles. The number of hydrogen-bond acceptors (Lipinski definition) is 1. The van der Waals surface area contributed by atoms with Gasteiger partial charge in [-0.2, -0.15) is 5.10 Å². The van der Waals surface area contributed by atoms with Crippen LogP contribution in [0.25, 0.3) is 0 Å². The Morgan fingerprint density at radius 2 is 2.24 bits per heavy atom. The molecule has 2 rings (SSSR count). The first-order valence-corrected chi connectivity index (χ1v) is 7.72. The Morgan fingerprint density at radius 3 is 2.82 bits per heavy atom. The van der Waals surface area contributed by atoms with Gasteiger partial charge in [0.05, 0.1) is 15.9 Å². The van der Waals surface area contributed by atoms with Crippen molar-refractivity contribution in [3.8, 4) is 0 Å². The molecule has 0 aromatic carbocycles. The molecule has 2 nitrogen and oxygen atoms in total. The molecule has 1 aromatic rings. The summed E-state index contributed by atoms with van der Waals surface area (Å²) in [5.41, 5.74) is 2.41. The maximum Gasteiger partial charge on any atom is 0.0738 e. The lowest BCUT2D eigenvalue weighted by molar-refractivity contribution is 0.581. The molecule has 0 saturated heterocycles. The highest BCUT2D eigenvalue weighted by Gasteiger charge is 2.29. The first-order valence-electron chi connectivity index (χ1n) is 6.49. The fraction of sp³-hybridized carbons (Fsp3) is 0.769. The van der Waals surface area contributed by atoms with Gasteiger partial charge < -0.3 is 0 Å². The second kappa shape index (κ2) is 5.75. The van der Waals surface area contributed by atoms with Crippen molar-refractivity contribution in [2.24, 2.45) is 5.92 Å². The summed E-state index contributed by atoms with van der Waals surface area (Å²) in [5, 5.41) is 4.91. The minimum Gasteiger partial charge on any atom is -0.268 e. The third-order valence-corrected chi connectivity index (χ3v) is 5.09. The molecule has 1 unspecified atom stereocenters. The van der Waals surface area contributed by atoms with Gasteiger partial charge in [0, 0.05) is 11.9 Å². The highest BCUT2D eigenvalue weighted by atomic mass is 79.9. The second-order valence-electron chi connectivity index (χ2n) is 4.91. The van der Waals surface area contributed by atoms with E-state index in [1.807, 2.05) is 6.92 Å². The van der Waals surface area contributed by atoms with Gasteiger partial charge in [-0.15, -0.1) is 11.6 Å². The van der Waals surface area contributed by atoms with E-state index >= 15 is 0 Å². The number of halogens is 2. The Balaban J connectivity index is 1.88. The molecule has 0 N–H and O–H groups in total. The molecule has 0 bridgehead atoms. The molecule has 17 heavy (non-hydrogen) atoms. The molecule has 1 fully saturated rings. The fourth-order valence-electron chi connectivity index (χ4n) is 2.27. The third kappa shape index (κ3) is 3.25. The maximum absolute atomic E-state index is 6.33. The van der Waals surface area contributed by atoms with Crippen LogP contribution in [0.15, 0.2) is 4.47 Å². The van der Waals surface area contributed by atoms with Gasteiger partial charge in [-0.05, 0) is 67.8 Å². The lowest BCUT2D eigenvalue weighted by Gasteiger charge is -2.08. The average molecular weight is 320 g/mol. The van der Waals surface area contributed by atoms with Crippen LogP contribution in [0.5, 0.6) is 0 Å². The first kappa shape index (κ1) is 13.4. The van der Waals surface area contributed by atoms with Gasteiger partial charge >= 0.3 is 0 Å². The summed E-state index contributed by atoms with van der Waals surface area (Å²) in [6.07, 6.45) is 6.04. The van der Waals surface area contributed by atoms with Crippen molar-refractivity contribution in [3.05, 3.63) is 15.9 Å². The van der Waals surface area contributed by atoms with E-state index in [2.05, 4.69) is 32.6 Å². The van der Waals surface area contributed by atoms with E-state index in [4.69, 9.17) is 11.6 Å². The Bertz CT molecular complexity index is 385. The standard InChI is InChI=1S/C13H20BrClN2/c1-3-17-12(13(14)9(2)16-17)6-4-5-11(15)10-7-8-10/h10-11H,3-8H2,1-2H3.